The minimum atomic E-state index is 0.521. The van der Waals surface area contributed by atoms with E-state index in [1.165, 1.54) is 0 Å². The van der Waals surface area contributed by atoms with Gasteiger partial charge in [0.1, 0.15) is 12.4 Å². The van der Waals surface area contributed by atoms with Gasteiger partial charge in [0.05, 0.1) is 0 Å². The van der Waals surface area contributed by atoms with Crippen molar-refractivity contribution in [2.75, 3.05) is 0 Å². The smallest absolute Gasteiger partial charge is 0.128 e. The zero-order valence-electron chi connectivity index (χ0n) is 12.7. The van der Waals surface area contributed by atoms with Gasteiger partial charge in [-0.25, -0.2) is 0 Å². The Balaban J connectivity index is 1.79. The fourth-order valence-electron chi connectivity index (χ4n) is 2.26. The van der Waals surface area contributed by atoms with Gasteiger partial charge in [0.2, 0.25) is 0 Å². The lowest BCUT2D eigenvalue weighted by Crippen LogP contribution is -1.96. The van der Waals surface area contributed by atoms with E-state index in [4.69, 9.17) is 16.3 Å². The van der Waals surface area contributed by atoms with E-state index in [2.05, 4.69) is 18.2 Å². The number of benzene rings is 3. The maximum Gasteiger partial charge on any atom is 0.128 e. The molecule has 0 N–H and O–H groups in total. The molecule has 0 spiro atoms. The Hall–Kier alpha value is -2.51. The Labute approximate surface area is 141 Å². The van der Waals surface area contributed by atoms with E-state index >= 15 is 0 Å². The van der Waals surface area contributed by atoms with Gasteiger partial charge in [0.15, 0.2) is 0 Å². The molecule has 3 aromatic rings. The van der Waals surface area contributed by atoms with Gasteiger partial charge >= 0.3 is 0 Å². The van der Waals surface area contributed by atoms with Crippen LogP contribution in [0.5, 0.6) is 5.75 Å². The van der Waals surface area contributed by atoms with E-state index in [1.54, 1.807) is 0 Å². The first-order valence-corrected chi connectivity index (χ1v) is 7.88. The van der Waals surface area contributed by atoms with Gasteiger partial charge in [0, 0.05) is 10.6 Å². The summed E-state index contributed by atoms with van der Waals surface area (Å²) in [7, 11) is 0. The summed E-state index contributed by atoms with van der Waals surface area (Å²) in [6.07, 6.45) is 4.12. The van der Waals surface area contributed by atoms with Crippen molar-refractivity contribution in [2.45, 2.75) is 6.61 Å². The third-order valence-corrected chi connectivity index (χ3v) is 3.70. The molecule has 0 atom stereocenters. The maximum atomic E-state index is 6.11. The summed E-state index contributed by atoms with van der Waals surface area (Å²) >= 11 is 6.11. The first kappa shape index (κ1) is 15.4. The highest BCUT2D eigenvalue weighted by atomic mass is 35.5. The SMILES string of the molecule is Clc1ccc(/C=C/c2ccccc2)c(OCc2ccccc2)c1. The van der Waals surface area contributed by atoms with Gasteiger partial charge < -0.3 is 4.74 Å². The second kappa shape index (κ2) is 7.66. The summed E-state index contributed by atoms with van der Waals surface area (Å²) in [5, 5.41) is 0.671. The van der Waals surface area contributed by atoms with Crippen LogP contribution in [-0.4, -0.2) is 0 Å². The average Bonchev–Trinajstić information content (AvgIpc) is 2.61. The number of rotatable bonds is 5. The van der Waals surface area contributed by atoms with Crippen molar-refractivity contribution >= 4 is 23.8 Å². The predicted molar refractivity (Wildman–Crippen MR) is 97.6 cm³/mol. The molecular weight excluding hydrogens is 304 g/mol. The molecule has 0 unspecified atom stereocenters. The van der Waals surface area contributed by atoms with Gasteiger partial charge in [-0.2, -0.15) is 0 Å². The molecule has 23 heavy (non-hydrogen) atoms. The van der Waals surface area contributed by atoms with Crippen LogP contribution in [0.4, 0.5) is 0 Å². The second-order valence-corrected chi connectivity index (χ2v) is 5.64. The Morgan fingerprint density at radius 1 is 0.783 bits per heavy atom. The summed E-state index contributed by atoms with van der Waals surface area (Å²) in [6, 6.07) is 26.0. The lowest BCUT2D eigenvalue weighted by Gasteiger charge is -2.10. The average molecular weight is 321 g/mol. The monoisotopic (exact) mass is 320 g/mol. The Kier molecular flexibility index (Phi) is 5.13. The molecule has 0 aliphatic carbocycles. The molecule has 0 aliphatic rings. The molecule has 0 bridgehead atoms. The molecule has 0 heterocycles. The Morgan fingerprint density at radius 3 is 2.22 bits per heavy atom. The van der Waals surface area contributed by atoms with E-state index in [0.29, 0.717) is 11.6 Å². The number of halogens is 1. The minimum Gasteiger partial charge on any atom is -0.488 e. The van der Waals surface area contributed by atoms with Gasteiger partial charge in [-0.3, -0.25) is 0 Å². The van der Waals surface area contributed by atoms with Crippen molar-refractivity contribution < 1.29 is 4.74 Å². The highest BCUT2D eigenvalue weighted by molar-refractivity contribution is 6.30. The quantitative estimate of drug-likeness (QED) is 0.517. The van der Waals surface area contributed by atoms with Crippen molar-refractivity contribution in [3.8, 4) is 5.75 Å². The molecule has 3 rings (SSSR count). The second-order valence-electron chi connectivity index (χ2n) is 5.20. The fourth-order valence-corrected chi connectivity index (χ4v) is 2.42. The third-order valence-electron chi connectivity index (χ3n) is 3.47. The molecular formula is C21H17ClO. The molecule has 114 valence electrons. The fraction of sp³-hybridized carbons (Fsp3) is 0.0476. The van der Waals surface area contributed by atoms with Gasteiger partial charge in [0.25, 0.3) is 0 Å². The standard InChI is InChI=1S/C21H17ClO/c22-20-14-13-19(12-11-17-7-3-1-4-8-17)21(15-20)23-16-18-9-5-2-6-10-18/h1-15H,16H2/b12-11+. The Bertz CT molecular complexity index is 779. The van der Waals surface area contributed by atoms with Crippen LogP contribution in [0, 0.1) is 0 Å². The van der Waals surface area contributed by atoms with Crippen LogP contribution in [0.2, 0.25) is 5.02 Å². The summed E-state index contributed by atoms with van der Waals surface area (Å²) in [5.41, 5.74) is 3.29. The minimum absolute atomic E-state index is 0.521. The van der Waals surface area contributed by atoms with E-state index < -0.39 is 0 Å². The molecule has 0 aromatic heterocycles. The summed E-state index contributed by atoms with van der Waals surface area (Å²) in [4.78, 5) is 0. The van der Waals surface area contributed by atoms with Gasteiger partial charge in [-0.15, -0.1) is 0 Å². The molecule has 0 fully saturated rings. The van der Waals surface area contributed by atoms with Crippen LogP contribution in [0.15, 0.2) is 78.9 Å². The lowest BCUT2D eigenvalue weighted by atomic mass is 10.1. The van der Waals surface area contributed by atoms with Crippen molar-refractivity contribution in [1.29, 1.82) is 0 Å². The van der Waals surface area contributed by atoms with Crippen LogP contribution in [-0.2, 0) is 6.61 Å². The molecule has 3 aromatic carbocycles. The molecule has 0 saturated heterocycles. The van der Waals surface area contributed by atoms with Crippen LogP contribution >= 0.6 is 11.6 Å². The van der Waals surface area contributed by atoms with Crippen molar-refractivity contribution in [1.82, 2.24) is 0 Å². The van der Waals surface area contributed by atoms with Crippen molar-refractivity contribution in [3.05, 3.63) is 101 Å². The first-order valence-electron chi connectivity index (χ1n) is 7.51. The molecule has 0 radical (unpaired) electrons. The largest absolute Gasteiger partial charge is 0.488 e. The maximum absolute atomic E-state index is 6.11. The van der Waals surface area contributed by atoms with Crippen LogP contribution in [0.1, 0.15) is 16.7 Å². The lowest BCUT2D eigenvalue weighted by molar-refractivity contribution is 0.305. The zero-order chi connectivity index (χ0) is 15.9. The Morgan fingerprint density at radius 2 is 1.48 bits per heavy atom. The van der Waals surface area contributed by atoms with E-state index in [1.807, 2.05) is 72.8 Å². The third kappa shape index (κ3) is 4.48. The first-order chi connectivity index (χ1) is 11.3. The zero-order valence-corrected chi connectivity index (χ0v) is 13.4. The number of hydrogen-bond donors (Lipinski definition) is 0. The highest BCUT2D eigenvalue weighted by Crippen LogP contribution is 2.26. The topological polar surface area (TPSA) is 9.23 Å². The normalized spacial score (nSPS) is 10.8. The van der Waals surface area contributed by atoms with Crippen LogP contribution in [0.3, 0.4) is 0 Å². The molecule has 0 amide bonds. The van der Waals surface area contributed by atoms with Crippen molar-refractivity contribution in [3.63, 3.8) is 0 Å². The predicted octanol–water partition coefficient (Wildman–Crippen LogP) is 6.09. The molecule has 0 saturated carbocycles. The summed E-state index contributed by atoms with van der Waals surface area (Å²) in [5.74, 6) is 0.786. The number of hydrogen-bond acceptors (Lipinski definition) is 1. The molecule has 1 nitrogen and oxygen atoms in total. The van der Waals surface area contributed by atoms with Gasteiger partial charge in [-0.05, 0) is 29.3 Å². The molecule has 2 heteroatoms. The van der Waals surface area contributed by atoms with E-state index in [0.717, 1.165) is 22.4 Å². The van der Waals surface area contributed by atoms with Gasteiger partial charge in [-0.1, -0.05) is 84.4 Å². The summed E-state index contributed by atoms with van der Waals surface area (Å²) < 4.78 is 5.96. The van der Waals surface area contributed by atoms with E-state index in [-0.39, 0.29) is 0 Å². The van der Waals surface area contributed by atoms with Crippen LogP contribution in [0.25, 0.3) is 12.2 Å². The summed E-state index contributed by atoms with van der Waals surface area (Å²) in [6.45, 7) is 0.521. The number of ether oxygens (including phenoxy) is 1. The van der Waals surface area contributed by atoms with E-state index in [9.17, 15) is 0 Å². The van der Waals surface area contributed by atoms with Crippen molar-refractivity contribution in [2.24, 2.45) is 0 Å². The highest BCUT2D eigenvalue weighted by Gasteiger charge is 2.03. The molecule has 0 aliphatic heterocycles. The van der Waals surface area contributed by atoms with Crippen LogP contribution < -0.4 is 4.74 Å².